The Kier molecular flexibility index (Phi) is 4.93. The van der Waals surface area contributed by atoms with E-state index in [-0.39, 0.29) is 12.0 Å². The Balaban J connectivity index is 1.63. The Morgan fingerprint density at radius 3 is 2.47 bits per heavy atom. The van der Waals surface area contributed by atoms with Crippen LogP contribution in [0.1, 0.15) is 30.0 Å². The monoisotopic (exact) mass is 396 g/mol. The number of aliphatic carboxylic acids is 1. The normalized spacial score (nSPS) is 16.7. The van der Waals surface area contributed by atoms with E-state index < -0.39 is 5.97 Å². The summed E-state index contributed by atoms with van der Waals surface area (Å²) in [4.78, 5) is 18.5. The molecule has 1 saturated heterocycles. The number of fused-ring (bicyclic) bond motifs is 2. The van der Waals surface area contributed by atoms with E-state index in [0.717, 1.165) is 24.0 Å². The molecule has 2 heterocycles. The van der Waals surface area contributed by atoms with Crippen LogP contribution in [0, 0.1) is 5.92 Å². The van der Waals surface area contributed by atoms with Crippen LogP contribution in [0.25, 0.3) is 21.7 Å². The number of likely N-dealkylation sites (tertiary alicyclic amines) is 1. The van der Waals surface area contributed by atoms with Crippen molar-refractivity contribution in [1.29, 1.82) is 0 Å². The first-order chi connectivity index (χ1) is 14.7. The molecule has 1 fully saturated rings. The average Bonchev–Trinajstić information content (AvgIpc) is 2.80. The van der Waals surface area contributed by atoms with Crippen molar-refractivity contribution in [3.8, 4) is 0 Å². The van der Waals surface area contributed by atoms with E-state index in [1.165, 1.54) is 21.9 Å². The van der Waals surface area contributed by atoms with Crippen molar-refractivity contribution in [2.75, 3.05) is 13.1 Å². The van der Waals surface area contributed by atoms with Crippen molar-refractivity contribution in [3.05, 3.63) is 90.1 Å². The van der Waals surface area contributed by atoms with E-state index in [4.69, 9.17) is 0 Å². The van der Waals surface area contributed by atoms with Gasteiger partial charge in [0.15, 0.2) is 0 Å². The summed E-state index contributed by atoms with van der Waals surface area (Å²) >= 11 is 0. The minimum Gasteiger partial charge on any atom is -0.481 e. The minimum absolute atomic E-state index is 0.0669. The number of carboxylic acids is 1. The van der Waals surface area contributed by atoms with Gasteiger partial charge in [0.2, 0.25) is 0 Å². The lowest BCUT2D eigenvalue weighted by Crippen LogP contribution is -2.39. The van der Waals surface area contributed by atoms with Crippen LogP contribution < -0.4 is 0 Å². The third-order valence-corrected chi connectivity index (χ3v) is 6.31. The van der Waals surface area contributed by atoms with E-state index in [0.29, 0.717) is 12.8 Å². The maximum absolute atomic E-state index is 11.5. The molecule has 30 heavy (non-hydrogen) atoms. The summed E-state index contributed by atoms with van der Waals surface area (Å²) in [6.45, 7) is 1.54. The van der Waals surface area contributed by atoms with Gasteiger partial charge < -0.3 is 5.11 Å². The SMILES string of the molecule is O=C(O)C1CCN(C(c2ccc3ccccc3c2)c2ccnc3ccccc23)CC1. The fourth-order valence-corrected chi connectivity index (χ4v) is 4.73. The molecule has 0 radical (unpaired) electrons. The average molecular weight is 396 g/mol. The molecule has 1 unspecified atom stereocenters. The van der Waals surface area contributed by atoms with Crippen LogP contribution in [0.4, 0.5) is 0 Å². The van der Waals surface area contributed by atoms with Crippen LogP contribution in [-0.2, 0) is 4.79 Å². The van der Waals surface area contributed by atoms with Gasteiger partial charge in [0.05, 0.1) is 17.5 Å². The summed E-state index contributed by atoms with van der Waals surface area (Å²) in [5.41, 5.74) is 3.45. The molecule has 4 aromatic rings. The number of carboxylic acid groups (broad SMARTS) is 1. The lowest BCUT2D eigenvalue weighted by atomic mass is 9.89. The first kappa shape index (κ1) is 18.8. The molecule has 3 aromatic carbocycles. The molecule has 0 spiro atoms. The molecule has 1 N–H and O–H groups in total. The maximum atomic E-state index is 11.5. The Morgan fingerprint density at radius 1 is 0.933 bits per heavy atom. The molecule has 150 valence electrons. The van der Waals surface area contributed by atoms with Crippen LogP contribution >= 0.6 is 0 Å². The number of benzene rings is 3. The summed E-state index contributed by atoms with van der Waals surface area (Å²) in [5, 5.41) is 13.0. The largest absolute Gasteiger partial charge is 0.481 e. The van der Waals surface area contributed by atoms with Crippen LogP contribution in [0.5, 0.6) is 0 Å². The Hall–Kier alpha value is -3.24. The smallest absolute Gasteiger partial charge is 0.306 e. The van der Waals surface area contributed by atoms with E-state index in [1.807, 2.05) is 18.3 Å². The number of aromatic nitrogens is 1. The Labute approximate surface area is 175 Å². The first-order valence-electron chi connectivity index (χ1n) is 10.5. The second-order valence-corrected chi connectivity index (χ2v) is 8.07. The van der Waals surface area contributed by atoms with Gasteiger partial charge in [0.25, 0.3) is 0 Å². The summed E-state index contributed by atoms with van der Waals surface area (Å²) in [6, 6.07) is 25.5. The summed E-state index contributed by atoms with van der Waals surface area (Å²) in [5.74, 6) is -0.918. The zero-order valence-electron chi connectivity index (χ0n) is 16.7. The van der Waals surface area contributed by atoms with Gasteiger partial charge >= 0.3 is 5.97 Å². The fourth-order valence-electron chi connectivity index (χ4n) is 4.73. The Bertz CT molecular complexity index is 1210. The van der Waals surface area contributed by atoms with Crippen molar-refractivity contribution in [2.45, 2.75) is 18.9 Å². The molecule has 1 atom stereocenters. The van der Waals surface area contributed by atoms with Crippen LogP contribution in [0.15, 0.2) is 79.0 Å². The van der Waals surface area contributed by atoms with Gasteiger partial charge in [0, 0.05) is 11.6 Å². The molecule has 0 amide bonds. The predicted molar refractivity (Wildman–Crippen MR) is 119 cm³/mol. The maximum Gasteiger partial charge on any atom is 0.306 e. The van der Waals surface area contributed by atoms with Crippen molar-refractivity contribution in [1.82, 2.24) is 9.88 Å². The molecular weight excluding hydrogens is 372 g/mol. The third kappa shape index (κ3) is 3.44. The quantitative estimate of drug-likeness (QED) is 0.510. The van der Waals surface area contributed by atoms with Gasteiger partial charge in [0.1, 0.15) is 0 Å². The minimum atomic E-state index is -0.675. The molecule has 0 aliphatic carbocycles. The molecule has 1 aliphatic rings. The van der Waals surface area contributed by atoms with Crippen molar-refractivity contribution < 1.29 is 9.90 Å². The van der Waals surface area contributed by atoms with Gasteiger partial charge in [-0.25, -0.2) is 0 Å². The molecule has 1 aromatic heterocycles. The second-order valence-electron chi connectivity index (χ2n) is 8.07. The number of rotatable bonds is 4. The zero-order valence-corrected chi connectivity index (χ0v) is 16.7. The lowest BCUT2D eigenvalue weighted by molar-refractivity contribution is -0.143. The molecule has 0 saturated carbocycles. The number of nitrogens with zero attached hydrogens (tertiary/aromatic N) is 2. The summed E-state index contributed by atoms with van der Waals surface area (Å²) in [6.07, 6.45) is 3.25. The lowest BCUT2D eigenvalue weighted by Gasteiger charge is -2.37. The van der Waals surface area contributed by atoms with E-state index in [2.05, 4.69) is 70.5 Å². The summed E-state index contributed by atoms with van der Waals surface area (Å²) in [7, 11) is 0. The molecule has 0 bridgehead atoms. The van der Waals surface area contributed by atoms with Gasteiger partial charge in [-0.15, -0.1) is 0 Å². The third-order valence-electron chi connectivity index (χ3n) is 6.31. The Morgan fingerprint density at radius 2 is 1.67 bits per heavy atom. The number of piperidine rings is 1. The molecule has 5 rings (SSSR count). The standard InChI is InChI=1S/C26H24N2O2/c29-26(30)19-12-15-28(16-13-19)25(21-10-9-18-5-1-2-6-20(18)17-21)23-11-14-27-24-8-4-3-7-22(23)24/h1-11,14,17,19,25H,12-13,15-16H2,(H,29,30). The van der Waals surface area contributed by atoms with Gasteiger partial charge in [-0.1, -0.05) is 54.6 Å². The molecule has 4 nitrogen and oxygen atoms in total. The molecule has 4 heteroatoms. The van der Waals surface area contributed by atoms with Crippen molar-refractivity contribution in [2.24, 2.45) is 5.92 Å². The summed E-state index contributed by atoms with van der Waals surface area (Å²) < 4.78 is 0. The van der Waals surface area contributed by atoms with E-state index >= 15 is 0 Å². The molecule has 1 aliphatic heterocycles. The van der Waals surface area contributed by atoms with Crippen LogP contribution in [-0.4, -0.2) is 34.0 Å². The zero-order chi connectivity index (χ0) is 20.5. The first-order valence-corrected chi connectivity index (χ1v) is 10.5. The van der Waals surface area contributed by atoms with Gasteiger partial charge in [-0.2, -0.15) is 0 Å². The number of hydrogen-bond acceptors (Lipinski definition) is 3. The highest BCUT2D eigenvalue weighted by Crippen LogP contribution is 2.36. The van der Waals surface area contributed by atoms with Crippen molar-refractivity contribution in [3.63, 3.8) is 0 Å². The van der Waals surface area contributed by atoms with E-state index in [9.17, 15) is 9.90 Å². The topological polar surface area (TPSA) is 53.4 Å². The van der Waals surface area contributed by atoms with Crippen LogP contribution in [0.2, 0.25) is 0 Å². The fraction of sp³-hybridized carbons (Fsp3) is 0.231. The number of carbonyl (C=O) groups is 1. The van der Waals surface area contributed by atoms with Crippen LogP contribution in [0.3, 0.4) is 0 Å². The highest BCUT2D eigenvalue weighted by molar-refractivity contribution is 5.85. The van der Waals surface area contributed by atoms with Crippen molar-refractivity contribution >= 4 is 27.6 Å². The number of pyridine rings is 1. The number of hydrogen-bond donors (Lipinski definition) is 1. The number of para-hydroxylation sites is 1. The predicted octanol–water partition coefficient (Wildman–Crippen LogP) is 5.27. The molecular formula is C26H24N2O2. The van der Waals surface area contributed by atoms with E-state index in [1.54, 1.807) is 0 Å². The highest BCUT2D eigenvalue weighted by atomic mass is 16.4. The van der Waals surface area contributed by atoms with Gasteiger partial charge in [-0.3, -0.25) is 14.7 Å². The highest BCUT2D eigenvalue weighted by Gasteiger charge is 2.31. The second kappa shape index (κ2) is 7.88. The van der Waals surface area contributed by atoms with Gasteiger partial charge in [-0.05, 0) is 66.0 Å².